The summed E-state index contributed by atoms with van der Waals surface area (Å²) in [6.45, 7) is 3.03. The SMILES string of the molecule is COc1ccc2cc1OCC(=O)N[C@@H]1CN(S(=O)(=O)c3c(C)nn(C)c3C)CC[C@H]1Oc1cc(F)cc(c1)CNC(=O)CC2. The first kappa shape index (κ1) is 31.3. The molecule has 44 heavy (non-hydrogen) atoms. The van der Waals surface area contributed by atoms with Gasteiger partial charge in [0.25, 0.3) is 5.91 Å². The van der Waals surface area contributed by atoms with Gasteiger partial charge < -0.3 is 24.8 Å². The molecular weight excluding hydrogens is 593 g/mol. The van der Waals surface area contributed by atoms with Gasteiger partial charge in [-0.2, -0.15) is 9.40 Å². The molecular formula is C30H36FN5O7S. The van der Waals surface area contributed by atoms with E-state index in [0.29, 0.717) is 34.9 Å². The quantitative estimate of drug-likeness (QED) is 0.449. The van der Waals surface area contributed by atoms with Gasteiger partial charge in [0.2, 0.25) is 15.9 Å². The second-order valence-electron chi connectivity index (χ2n) is 11.0. The molecule has 2 amide bonds. The van der Waals surface area contributed by atoms with Crippen molar-refractivity contribution < 1.29 is 36.6 Å². The van der Waals surface area contributed by atoms with E-state index in [0.717, 1.165) is 5.56 Å². The second-order valence-corrected chi connectivity index (χ2v) is 12.8. The number of rotatable bonds is 3. The zero-order chi connectivity index (χ0) is 31.6. The Kier molecular flexibility index (Phi) is 9.11. The molecule has 0 saturated carbocycles. The normalized spacial score (nSPS) is 20.2. The highest BCUT2D eigenvalue weighted by atomic mass is 32.2. The van der Waals surface area contributed by atoms with Crippen LogP contribution in [0.25, 0.3) is 0 Å². The van der Waals surface area contributed by atoms with Crippen molar-refractivity contribution in [3.8, 4) is 17.2 Å². The number of nitrogens with zero attached hydrogens (tertiary/aromatic N) is 3. The van der Waals surface area contributed by atoms with Crippen LogP contribution in [0.15, 0.2) is 41.3 Å². The van der Waals surface area contributed by atoms with Crippen molar-refractivity contribution in [2.45, 2.75) is 56.7 Å². The number of benzene rings is 2. The van der Waals surface area contributed by atoms with E-state index in [1.54, 1.807) is 45.2 Å². The molecule has 4 bridgehead atoms. The van der Waals surface area contributed by atoms with Crippen molar-refractivity contribution in [1.82, 2.24) is 24.7 Å². The van der Waals surface area contributed by atoms with Gasteiger partial charge in [0.1, 0.15) is 22.6 Å². The predicted octanol–water partition coefficient (Wildman–Crippen LogP) is 2.15. The van der Waals surface area contributed by atoms with Gasteiger partial charge in [-0.25, -0.2) is 12.8 Å². The molecule has 1 fully saturated rings. The number of carbonyl (C=O) groups excluding carboxylic acids is 2. The minimum atomic E-state index is -3.96. The first-order valence-electron chi connectivity index (χ1n) is 14.3. The number of sulfonamides is 1. The van der Waals surface area contributed by atoms with Crippen LogP contribution in [0.3, 0.4) is 0 Å². The first-order valence-corrected chi connectivity index (χ1v) is 15.7. The summed E-state index contributed by atoms with van der Waals surface area (Å²) in [5, 5.41) is 9.95. The third-order valence-electron chi connectivity index (χ3n) is 7.83. The number of hydrogen-bond acceptors (Lipinski definition) is 8. The number of ether oxygens (including phenoxy) is 3. The van der Waals surface area contributed by atoms with Crippen LogP contribution >= 0.6 is 0 Å². The van der Waals surface area contributed by atoms with Crippen LogP contribution in [0.5, 0.6) is 17.2 Å². The van der Waals surface area contributed by atoms with Gasteiger partial charge in [-0.05, 0) is 55.7 Å². The van der Waals surface area contributed by atoms with Crippen LogP contribution in [0, 0.1) is 19.7 Å². The summed E-state index contributed by atoms with van der Waals surface area (Å²) in [6, 6.07) is 8.56. The van der Waals surface area contributed by atoms with Crippen LogP contribution in [-0.4, -0.2) is 73.3 Å². The molecule has 2 aliphatic heterocycles. The number of methoxy groups -OCH3 is 1. The fourth-order valence-corrected chi connectivity index (χ4v) is 7.43. The van der Waals surface area contributed by atoms with Crippen molar-refractivity contribution in [3.05, 3.63) is 64.7 Å². The first-order chi connectivity index (χ1) is 20.9. The Labute approximate surface area is 255 Å². The van der Waals surface area contributed by atoms with Crippen LogP contribution in [0.4, 0.5) is 4.39 Å². The molecule has 14 heteroatoms. The molecule has 2 aliphatic rings. The van der Waals surface area contributed by atoms with Gasteiger partial charge >= 0.3 is 0 Å². The fraction of sp³-hybridized carbons (Fsp3) is 0.433. The topological polar surface area (TPSA) is 141 Å². The molecule has 0 radical (unpaired) electrons. The standard InChI is InChI=1S/C30H36FN5O7S/c1-18-30(19(2)35(3)34-18)44(39,40)36-10-9-25-24(16-36)33-29(38)17-42-27-13-20(5-7-26(27)41-4)6-8-28(37)32-15-21-11-22(31)14-23(12-21)43-25/h5,7,11-14,24-25H,6,8-10,15-17H2,1-4H3,(H,32,37)(H,33,38)/t24-,25-/m1/s1. The summed E-state index contributed by atoms with van der Waals surface area (Å²) in [6.07, 6.45) is 0.107. The summed E-state index contributed by atoms with van der Waals surface area (Å²) >= 11 is 0. The number of aryl methyl sites for hydroxylation is 3. The summed E-state index contributed by atoms with van der Waals surface area (Å²) in [4.78, 5) is 25.9. The molecule has 2 N–H and O–H groups in total. The maximum absolute atomic E-state index is 14.6. The highest BCUT2D eigenvalue weighted by Crippen LogP contribution is 2.30. The number of fused-ring (bicyclic) bond motifs is 5. The molecule has 0 aliphatic carbocycles. The molecule has 2 atom stereocenters. The van der Waals surface area contributed by atoms with Gasteiger partial charge in [-0.15, -0.1) is 0 Å². The summed E-state index contributed by atoms with van der Waals surface area (Å²) in [7, 11) is -0.805. The van der Waals surface area contributed by atoms with Gasteiger partial charge in [0, 0.05) is 45.6 Å². The van der Waals surface area contributed by atoms with Gasteiger partial charge in [0.15, 0.2) is 18.1 Å². The van der Waals surface area contributed by atoms with Crippen molar-refractivity contribution in [1.29, 1.82) is 0 Å². The highest BCUT2D eigenvalue weighted by Gasteiger charge is 2.39. The van der Waals surface area contributed by atoms with Gasteiger partial charge in [0.05, 0.1) is 24.5 Å². The van der Waals surface area contributed by atoms with Crippen LogP contribution in [0.2, 0.25) is 0 Å². The third-order valence-corrected chi connectivity index (χ3v) is 9.95. The number of halogens is 1. The van der Waals surface area contributed by atoms with E-state index in [1.807, 2.05) is 0 Å². The summed E-state index contributed by atoms with van der Waals surface area (Å²) in [5.74, 6) is -0.337. The van der Waals surface area contributed by atoms with Crippen LogP contribution in [-0.2, 0) is 39.6 Å². The Morgan fingerprint density at radius 1 is 1.07 bits per heavy atom. The van der Waals surface area contributed by atoms with E-state index in [-0.39, 0.29) is 55.6 Å². The lowest BCUT2D eigenvalue weighted by molar-refractivity contribution is -0.125. The molecule has 2 aromatic carbocycles. The average Bonchev–Trinajstić information content (AvgIpc) is 3.24. The van der Waals surface area contributed by atoms with Crippen molar-refractivity contribution in [2.75, 3.05) is 26.8 Å². The molecule has 3 heterocycles. The largest absolute Gasteiger partial charge is 0.493 e. The van der Waals surface area contributed by atoms with E-state index in [9.17, 15) is 22.4 Å². The smallest absolute Gasteiger partial charge is 0.258 e. The Balaban J connectivity index is 1.46. The average molecular weight is 630 g/mol. The maximum Gasteiger partial charge on any atom is 0.258 e. The number of amides is 2. The summed E-state index contributed by atoms with van der Waals surface area (Å²) in [5.41, 5.74) is 2.17. The minimum Gasteiger partial charge on any atom is -0.493 e. The number of hydrogen-bond donors (Lipinski definition) is 2. The predicted molar refractivity (Wildman–Crippen MR) is 157 cm³/mol. The van der Waals surface area contributed by atoms with Crippen molar-refractivity contribution >= 4 is 21.8 Å². The lowest BCUT2D eigenvalue weighted by atomic mass is 10.0. The molecule has 1 saturated heterocycles. The molecule has 12 nitrogen and oxygen atoms in total. The van der Waals surface area contributed by atoms with E-state index in [4.69, 9.17) is 14.2 Å². The number of piperidine rings is 1. The van der Waals surface area contributed by atoms with E-state index >= 15 is 0 Å². The number of nitrogens with one attached hydrogen (secondary N) is 2. The van der Waals surface area contributed by atoms with Gasteiger partial charge in [-0.3, -0.25) is 14.3 Å². The fourth-order valence-electron chi connectivity index (χ4n) is 5.55. The van der Waals surface area contributed by atoms with Crippen LogP contribution in [0.1, 0.15) is 35.4 Å². The molecule has 0 unspecified atom stereocenters. The second kappa shape index (κ2) is 12.8. The molecule has 236 valence electrons. The molecule has 0 spiro atoms. The Hall–Kier alpha value is -4.17. The molecule has 3 aromatic rings. The lowest BCUT2D eigenvalue weighted by Gasteiger charge is -2.38. The third kappa shape index (κ3) is 6.81. The van der Waals surface area contributed by atoms with Crippen LogP contribution < -0.4 is 24.8 Å². The number of aromatic nitrogens is 2. The zero-order valence-electron chi connectivity index (χ0n) is 25.1. The van der Waals surface area contributed by atoms with Crippen molar-refractivity contribution in [3.63, 3.8) is 0 Å². The highest BCUT2D eigenvalue weighted by molar-refractivity contribution is 7.89. The minimum absolute atomic E-state index is 0.0879. The summed E-state index contributed by atoms with van der Waals surface area (Å²) < 4.78 is 62.3. The maximum atomic E-state index is 14.6. The van der Waals surface area contributed by atoms with E-state index in [1.165, 1.54) is 28.2 Å². The number of carbonyl (C=O) groups is 2. The van der Waals surface area contributed by atoms with E-state index in [2.05, 4.69) is 15.7 Å². The Morgan fingerprint density at radius 2 is 1.86 bits per heavy atom. The molecule has 1 aromatic heterocycles. The zero-order valence-corrected chi connectivity index (χ0v) is 25.9. The Bertz CT molecular complexity index is 1680. The monoisotopic (exact) mass is 629 g/mol. The van der Waals surface area contributed by atoms with Crippen molar-refractivity contribution in [2.24, 2.45) is 7.05 Å². The van der Waals surface area contributed by atoms with E-state index < -0.39 is 33.9 Å². The Morgan fingerprint density at radius 3 is 2.59 bits per heavy atom. The molecule has 5 rings (SSSR count). The van der Waals surface area contributed by atoms with Gasteiger partial charge in [-0.1, -0.05) is 6.07 Å². The lowest BCUT2D eigenvalue weighted by Crippen LogP contribution is -2.58.